The minimum absolute atomic E-state index is 1.18. The number of rotatable bonds is 2. The molecule has 0 aliphatic heterocycles. The van der Waals surface area contributed by atoms with Crippen LogP contribution in [0.4, 0.5) is 0 Å². The fraction of sp³-hybridized carbons (Fsp3) is 0. The Labute approximate surface area is 282 Å². The molecule has 0 N–H and O–H groups in total. The van der Waals surface area contributed by atoms with Crippen LogP contribution in [-0.4, -0.2) is 4.57 Å². The van der Waals surface area contributed by atoms with E-state index < -0.39 is 0 Å². The highest BCUT2D eigenvalue weighted by Gasteiger charge is 2.21. The first kappa shape index (κ1) is 26.6. The molecule has 0 aliphatic rings. The molecule has 0 bridgehead atoms. The molecular weight excluding hydrogens is 591 g/mol. The Bertz CT molecular complexity index is 3110. The van der Waals surface area contributed by atoms with Crippen LogP contribution in [0, 0.1) is 0 Å². The molecule has 11 aromatic rings. The molecule has 1 heterocycles. The molecule has 0 aliphatic carbocycles. The van der Waals surface area contributed by atoms with Gasteiger partial charge in [0.2, 0.25) is 0 Å². The molecule has 0 spiro atoms. The molecule has 0 amide bonds. The summed E-state index contributed by atoms with van der Waals surface area (Å²) < 4.78 is 2.47. The van der Waals surface area contributed by atoms with Crippen molar-refractivity contribution in [2.75, 3.05) is 0 Å². The molecule has 0 atom stereocenters. The van der Waals surface area contributed by atoms with E-state index in [1.54, 1.807) is 0 Å². The van der Waals surface area contributed by atoms with Crippen LogP contribution >= 0.6 is 0 Å². The van der Waals surface area contributed by atoms with Gasteiger partial charge in [0.25, 0.3) is 0 Å². The zero-order valence-electron chi connectivity index (χ0n) is 26.7. The molecule has 10 aromatic carbocycles. The predicted molar refractivity (Wildman–Crippen MR) is 211 cm³/mol. The highest BCUT2D eigenvalue weighted by Crippen LogP contribution is 2.47. The second-order valence-electron chi connectivity index (χ2n) is 13.2. The number of nitrogens with zero attached hydrogens (tertiary/aromatic N) is 1. The standard InChI is InChI=1S/C48H29N/c1-2-14-31(15-3-1)49-45-25-13-12-24-41(45)47-46-39-22-10-8-20-36(39)42(29-44(46)37-21-9-11-23-40(37)48(47)49)30-26-27-38-34-18-5-4-16-32(34)33-17-6-7-19-35(33)43(38)28-30/h1-29H. The molecule has 0 unspecified atom stereocenters. The van der Waals surface area contributed by atoms with Crippen molar-refractivity contribution in [2.24, 2.45) is 0 Å². The molecule has 0 fully saturated rings. The third-order valence-corrected chi connectivity index (χ3v) is 10.7. The number of benzene rings is 10. The second kappa shape index (κ2) is 10.0. The van der Waals surface area contributed by atoms with E-state index in [0.29, 0.717) is 0 Å². The zero-order valence-corrected chi connectivity index (χ0v) is 26.7. The zero-order chi connectivity index (χ0) is 32.1. The maximum Gasteiger partial charge on any atom is 0.0626 e. The van der Waals surface area contributed by atoms with E-state index in [1.807, 2.05) is 0 Å². The normalized spacial score (nSPS) is 12.1. The average molecular weight is 620 g/mol. The SMILES string of the molecule is c1ccc(-n2c3ccccc3c3c4c5ccccc5c(-c5ccc6c7ccccc7c7ccccc7c6c5)cc4c4ccccc4c32)cc1. The van der Waals surface area contributed by atoms with Gasteiger partial charge in [0.1, 0.15) is 0 Å². The Morgan fingerprint density at radius 2 is 0.776 bits per heavy atom. The Balaban J connectivity index is 1.32. The molecule has 226 valence electrons. The summed E-state index contributed by atoms with van der Waals surface area (Å²) in [5.41, 5.74) is 6.16. The molecule has 49 heavy (non-hydrogen) atoms. The first-order valence-corrected chi connectivity index (χ1v) is 17.0. The largest absolute Gasteiger partial charge is 0.309 e. The van der Waals surface area contributed by atoms with Crippen LogP contribution in [0.15, 0.2) is 176 Å². The number of hydrogen-bond acceptors (Lipinski definition) is 0. The smallest absolute Gasteiger partial charge is 0.0626 e. The quantitative estimate of drug-likeness (QED) is 0.170. The molecule has 0 radical (unpaired) electrons. The van der Waals surface area contributed by atoms with Crippen LogP contribution < -0.4 is 0 Å². The van der Waals surface area contributed by atoms with Gasteiger partial charge in [-0.2, -0.15) is 0 Å². The average Bonchev–Trinajstić information content (AvgIpc) is 3.53. The number of aromatic nitrogens is 1. The lowest BCUT2D eigenvalue weighted by Gasteiger charge is -2.17. The van der Waals surface area contributed by atoms with Crippen LogP contribution in [0.5, 0.6) is 0 Å². The summed E-state index contributed by atoms with van der Waals surface area (Å²) >= 11 is 0. The van der Waals surface area contributed by atoms with Gasteiger partial charge in [0.15, 0.2) is 0 Å². The van der Waals surface area contributed by atoms with Gasteiger partial charge in [-0.15, -0.1) is 0 Å². The van der Waals surface area contributed by atoms with Gasteiger partial charge in [-0.25, -0.2) is 0 Å². The second-order valence-corrected chi connectivity index (χ2v) is 13.2. The van der Waals surface area contributed by atoms with Crippen LogP contribution in [0.2, 0.25) is 0 Å². The lowest BCUT2D eigenvalue weighted by atomic mass is 9.87. The predicted octanol–water partition coefficient (Wildman–Crippen LogP) is 13.4. The minimum atomic E-state index is 1.18. The van der Waals surface area contributed by atoms with Crippen LogP contribution in [0.1, 0.15) is 0 Å². The van der Waals surface area contributed by atoms with E-state index in [-0.39, 0.29) is 0 Å². The topological polar surface area (TPSA) is 4.93 Å². The molecule has 1 nitrogen and oxygen atoms in total. The van der Waals surface area contributed by atoms with Gasteiger partial charge in [-0.3, -0.25) is 0 Å². The summed E-state index contributed by atoms with van der Waals surface area (Å²) in [6.45, 7) is 0. The maximum atomic E-state index is 2.47. The summed E-state index contributed by atoms with van der Waals surface area (Å²) in [6, 6.07) is 65.0. The Morgan fingerprint density at radius 1 is 0.286 bits per heavy atom. The van der Waals surface area contributed by atoms with Crippen molar-refractivity contribution in [1.82, 2.24) is 4.57 Å². The van der Waals surface area contributed by atoms with Gasteiger partial charge in [-0.1, -0.05) is 146 Å². The molecule has 1 aromatic heterocycles. The van der Waals surface area contributed by atoms with Gasteiger partial charge in [0, 0.05) is 27.2 Å². The lowest BCUT2D eigenvalue weighted by molar-refractivity contribution is 1.19. The van der Waals surface area contributed by atoms with Crippen LogP contribution in [0.3, 0.4) is 0 Å². The van der Waals surface area contributed by atoms with Crippen molar-refractivity contribution in [2.45, 2.75) is 0 Å². The van der Waals surface area contributed by atoms with Crippen LogP contribution in [-0.2, 0) is 0 Å². The van der Waals surface area contributed by atoms with Crippen molar-refractivity contribution in [3.63, 3.8) is 0 Å². The van der Waals surface area contributed by atoms with Gasteiger partial charge in [-0.05, 0) is 95.3 Å². The first-order valence-electron chi connectivity index (χ1n) is 17.0. The summed E-state index contributed by atoms with van der Waals surface area (Å²) in [5, 5.41) is 18.1. The molecular formula is C48H29N. The first-order chi connectivity index (χ1) is 24.3. The van der Waals surface area contributed by atoms with E-state index in [4.69, 9.17) is 0 Å². The fourth-order valence-electron chi connectivity index (χ4n) is 8.69. The monoisotopic (exact) mass is 619 g/mol. The van der Waals surface area contributed by atoms with E-state index in [0.717, 1.165) is 0 Å². The molecule has 0 saturated carbocycles. The third kappa shape index (κ3) is 3.65. The van der Waals surface area contributed by atoms with Crippen molar-refractivity contribution < 1.29 is 0 Å². The Kier molecular flexibility index (Phi) is 5.45. The lowest BCUT2D eigenvalue weighted by Crippen LogP contribution is -1.95. The summed E-state index contributed by atoms with van der Waals surface area (Å²) in [4.78, 5) is 0. The number of hydrogen-bond donors (Lipinski definition) is 0. The van der Waals surface area contributed by atoms with E-state index in [9.17, 15) is 0 Å². The van der Waals surface area contributed by atoms with E-state index in [1.165, 1.54) is 103 Å². The Morgan fingerprint density at radius 3 is 1.45 bits per heavy atom. The van der Waals surface area contributed by atoms with Gasteiger partial charge >= 0.3 is 0 Å². The van der Waals surface area contributed by atoms with E-state index >= 15 is 0 Å². The van der Waals surface area contributed by atoms with Gasteiger partial charge in [0.05, 0.1) is 11.0 Å². The van der Waals surface area contributed by atoms with Crippen molar-refractivity contribution >= 4 is 86.4 Å². The summed E-state index contributed by atoms with van der Waals surface area (Å²) in [7, 11) is 0. The molecule has 0 saturated heterocycles. The maximum absolute atomic E-state index is 2.47. The minimum Gasteiger partial charge on any atom is -0.309 e. The fourth-order valence-corrected chi connectivity index (χ4v) is 8.69. The molecule has 11 rings (SSSR count). The third-order valence-electron chi connectivity index (χ3n) is 10.7. The van der Waals surface area contributed by atoms with E-state index in [2.05, 4.69) is 180 Å². The van der Waals surface area contributed by atoms with Crippen molar-refractivity contribution in [1.29, 1.82) is 0 Å². The number of para-hydroxylation sites is 2. The molecule has 1 heteroatoms. The summed E-state index contributed by atoms with van der Waals surface area (Å²) in [6.07, 6.45) is 0. The van der Waals surface area contributed by atoms with Gasteiger partial charge < -0.3 is 4.57 Å². The summed E-state index contributed by atoms with van der Waals surface area (Å²) in [5.74, 6) is 0. The number of fused-ring (bicyclic) bond motifs is 16. The van der Waals surface area contributed by atoms with Crippen molar-refractivity contribution in [3.05, 3.63) is 176 Å². The highest BCUT2D eigenvalue weighted by atomic mass is 15.0. The Hall–Kier alpha value is -6.44. The van der Waals surface area contributed by atoms with Crippen LogP contribution in [0.25, 0.3) is 103 Å². The highest BCUT2D eigenvalue weighted by molar-refractivity contribution is 6.38. The van der Waals surface area contributed by atoms with Crippen molar-refractivity contribution in [3.8, 4) is 16.8 Å².